The zero-order chi connectivity index (χ0) is 10.2. The van der Waals surface area contributed by atoms with Crippen molar-refractivity contribution < 1.29 is 5.11 Å². The normalized spacial score (nSPS) is 18.1. The van der Waals surface area contributed by atoms with E-state index in [9.17, 15) is 0 Å². The Labute approximate surface area is 88.7 Å². The molecule has 1 aromatic rings. The number of benzene rings is 1. The molecule has 76 valence electrons. The Kier molecular flexibility index (Phi) is 2.41. The Morgan fingerprint density at radius 3 is 2.71 bits per heavy atom. The first-order valence-electron chi connectivity index (χ1n) is 4.85. The number of hydrogen-bond donors (Lipinski definition) is 2. The minimum Gasteiger partial charge on any atom is -0.508 e. The summed E-state index contributed by atoms with van der Waals surface area (Å²) in [6.45, 7) is 0. The second-order valence-corrected chi connectivity index (χ2v) is 4.55. The fourth-order valence-corrected chi connectivity index (χ4v) is 1.80. The summed E-state index contributed by atoms with van der Waals surface area (Å²) in [4.78, 5) is 0. The van der Waals surface area contributed by atoms with Gasteiger partial charge in [0.25, 0.3) is 0 Å². The summed E-state index contributed by atoms with van der Waals surface area (Å²) in [5.41, 5.74) is 7.12. The predicted molar refractivity (Wildman–Crippen MR) is 57.6 cm³/mol. The van der Waals surface area contributed by atoms with Gasteiger partial charge in [0.1, 0.15) is 5.75 Å². The summed E-state index contributed by atoms with van der Waals surface area (Å²) in [5.74, 6) is 0.215. The highest BCUT2D eigenvalue weighted by Crippen LogP contribution is 2.37. The number of nitrogens with two attached hydrogens (primary N) is 1. The maximum Gasteiger partial charge on any atom is 0.117 e. The summed E-state index contributed by atoms with van der Waals surface area (Å²) in [6, 6.07) is 5.10. The zero-order valence-corrected chi connectivity index (χ0v) is 8.72. The van der Waals surface area contributed by atoms with E-state index in [2.05, 4.69) is 0 Å². The van der Waals surface area contributed by atoms with Crippen LogP contribution in [0.4, 0.5) is 0 Å². The van der Waals surface area contributed by atoms with Gasteiger partial charge in [-0.15, -0.1) is 0 Å². The lowest BCUT2D eigenvalue weighted by Gasteiger charge is -2.09. The van der Waals surface area contributed by atoms with E-state index < -0.39 is 0 Å². The first kappa shape index (κ1) is 9.81. The van der Waals surface area contributed by atoms with E-state index in [1.165, 1.54) is 0 Å². The Balaban J connectivity index is 2.02. The Bertz CT molecular complexity index is 347. The van der Waals surface area contributed by atoms with E-state index in [0.29, 0.717) is 5.02 Å². The minimum atomic E-state index is 0.0706. The van der Waals surface area contributed by atoms with Gasteiger partial charge < -0.3 is 10.8 Å². The van der Waals surface area contributed by atoms with Gasteiger partial charge in [0.05, 0.1) is 0 Å². The van der Waals surface area contributed by atoms with E-state index >= 15 is 0 Å². The maximum absolute atomic E-state index is 9.17. The third-order valence-electron chi connectivity index (χ3n) is 2.82. The minimum absolute atomic E-state index is 0.0706. The molecule has 0 aromatic heterocycles. The smallest absolute Gasteiger partial charge is 0.117 e. The number of aromatic hydroxyl groups is 1. The number of halogens is 1. The third-order valence-corrected chi connectivity index (χ3v) is 3.17. The Hall–Kier alpha value is -0.730. The van der Waals surface area contributed by atoms with Gasteiger partial charge in [0.2, 0.25) is 0 Å². The average molecular weight is 212 g/mol. The summed E-state index contributed by atoms with van der Waals surface area (Å²) in [7, 11) is 0. The molecule has 0 atom stereocenters. The molecular formula is C11H14ClNO. The zero-order valence-electron chi connectivity index (χ0n) is 7.96. The van der Waals surface area contributed by atoms with Crippen molar-refractivity contribution in [2.24, 2.45) is 5.73 Å². The molecule has 1 aliphatic rings. The van der Waals surface area contributed by atoms with Gasteiger partial charge in [-0.25, -0.2) is 0 Å². The first-order chi connectivity index (χ1) is 6.59. The van der Waals surface area contributed by atoms with Crippen LogP contribution in [0.25, 0.3) is 0 Å². The van der Waals surface area contributed by atoms with Crippen molar-refractivity contribution in [3.63, 3.8) is 0 Å². The molecule has 1 saturated carbocycles. The average Bonchev–Trinajstić information content (AvgIpc) is 2.83. The molecule has 2 rings (SSSR count). The second kappa shape index (κ2) is 3.44. The van der Waals surface area contributed by atoms with Crippen LogP contribution in [-0.2, 0) is 6.42 Å². The fraction of sp³-hybridized carbons (Fsp3) is 0.455. The largest absolute Gasteiger partial charge is 0.508 e. The molecular weight excluding hydrogens is 198 g/mol. The van der Waals surface area contributed by atoms with Crippen LogP contribution in [0.2, 0.25) is 5.02 Å². The van der Waals surface area contributed by atoms with Crippen molar-refractivity contribution in [2.45, 2.75) is 31.2 Å². The molecule has 1 aromatic carbocycles. The number of aryl methyl sites for hydroxylation is 1. The molecule has 0 spiro atoms. The Morgan fingerprint density at radius 1 is 1.43 bits per heavy atom. The van der Waals surface area contributed by atoms with Crippen LogP contribution in [0.1, 0.15) is 24.8 Å². The van der Waals surface area contributed by atoms with Crippen LogP contribution in [0, 0.1) is 0 Å². The predicted octanol–water partition coefficient (Wildman–Crippen LogP) is 2.47. The van der Waals surface area contributed by atoms with Gasteiger partial charge in [0.15, 0.2) is 0 Å². The van der Waals surface area contributed by atoms with Crippen molar-refractivity contribution in [1.29, 1.82) is 0 Å². The van der Waals surface area contributed by atoms with E-state index in [1.54, 1.807) is 12.1 Å². The molecule has 3 N–H and O–H groups in total. The van der Waals surface area contributed by atoms with Crippen LogP contribution < -0.4 is 5.73 Å². The maximum atomic E-state index is 9.17. The van der Waals surface area contributed by atoms with Gasteiger partial charge in [-0.1, -0.05) is 17.7 Å². The third kappa shape index (κ3) is 2.20. The molecule has 14 heavy (non-hydrogen) atoms. The molecule has 0 heterocycles. The van der Waals surface area contributed by atoms with Crippen molar-refractivity contribution in [2.75, 3.05) is 0 Å². The van der Waals surface area contributed by atoms with Crippen molar-refractivity contribution in [3.8, 4) is 5.75 Å². The number of phenolic OH excluding ortho intramolecular Hbond substituents is 1. The van der Waals surface area contributed by atoms with Crippen LogP contribution >= 0.6 is 11.6 Å². The second-order valence-electron chi connectivity index (χ2n) is 4.14. The number of rotatable bonds is 3. The van der Waals surface area contributed by atoms with Crippen molar-refractivity contribution in [1.82, 2.24) is 0 Å². The van der Waals surface area contributed by atoms with E-state index in [1.807, 2.05) is 6.07 Å². The lowest BCUT2D eigenvalue weighted by Crippen LogP contribution is -2.22. The molecule has 0 amide bonds. The SMILES string of the molecule is NC1(CCc2ccc(O)cc2Cl)CC1. The standard InChI is InChI=1S/C11H14ClNO/c12-10-7-9(14)2-1-8(10)3-4-11(13)5-6-11/h1-2,7,14H,3-6,13H2. The molecule has 3 heteroatoms. The topological polar surface area (TPSA) is 46.2 Å². The molecule has 0 aliphatic heterocycles. The molecule has 0 radical (unpaired) electrons. The van der Waals surface area contributed by atoms with Crippen LogP contribution in [0.15, 0.2) is 18.2 Å². The fourth-order valence-electron chi connectivity index (χ4n) is 1.53. The van der Waals surface area contributed by atoms with Gasteiger partial charge in [-0.05, 0) is 43.4 Å². The highest BCUT2D eigenvalue weighted by atomic mass is 35.5. The monoisotopic (exact) mass is 211 g/mol. The lowest BCUT2D eigenvalue weighted by atomic mass is 10.0. The summed E-state index contributed by atoms with van der Waals surface area (Å²) in [6.07, 6.45) is 4.14. The van der Waals surface area contributed by atoms with E-state index in [0.717, 1.165) is 31.2 Å². The first-order valence-corrected chi connectivity index (χ1v) is 5.23. The quantitative estimate of drug-likeness (QED) is 0.807. The highest BCUT2D eigenvalue weighted by Gasteiger charge is 2.37. The van der Waals surface area contributed by atoms with E-state index in [-0.39, 0.29) is 11.3 Å². The summed E-state index contributed by atoms with van der Waals surface area (Å²) in [5, 5.41) is 9.80. The van der Waals surface area contributed by atoms with Gasteiger partial charge in [-0.3, -0.25) is 0 Å². The van der Waals surface area contributed by atoms with E-state index in [4.69, 9.17) is 22.4 Å². The highest BCUT2D eigenvalue weighted by molar-refractivity contribution is 6.31. The number of phenols is 1. The van der Waals surface area contributed by atoms with Crippen molar-refractivity contribution in [3.05, 3.63) is 28.8 Å². The van der Waals surface area contributed by atoms with Crippen LogP contribution in [0.5, 0.6) is 5.75 Å². The Morgan fingerprint density at radius 2 is 2.14 bits per heavy atom. The van der Waals surface area contributed by atoms with Crippen LogP contribution in [0.3, 0.4) is 0 Å². The summed E-state index contributed by atoms with van der Waals surface area (Å²) < 4.78 is 0. The number of hydrogen-bond acceptors (Lipinski definition) is 2. The molecule has 1 fully saturated rings. The van der Waals surface area contributed by atoms with Crippen LogP contribution in [-0.4, -0.2) is 10.6 Å². The van der Waals surface area contributed by atoms with Gasteiger partial charge >= 0.3 is 0 Å². The lowest BCUT2D eigenvalue weighted by molar-refractivity contribution is 0.475. The summed E-state index contributed by atoms with van der Waals surface area (Å²) >= 11 is 5.98. The molecule has 2 nitrogen and oxygen atoms in total. The molecule has 0 bridgehead atoms. The molecule has 1 aliphatic carbocycles. The molecule has 0 unspecified atom stereocenters. The van der Waals surface area contributed by atoms with Crippen molar-refractivity contribution >= 4 is 11.6 Å². The molecule has 0 saturated heterocycles. The van der Waals surface area contributed by atoms with Gasteiger partial charge in [0, 0.05) is 10.6 Å². The van der Waals surface area contributed by atoms with Gasteiger partial charge in [-0.2, -0.15) is 0 Å².